The van der Waals surface area contributed by atoms with Crippen LogP contribution in [0.25, 0.3) is 0 Å². The van der Waals surface area contributed by atoms with Crippen LogP contribution in [0.5, 0.6) is 0 Å². The Kier molecular flexibility index (Phi) is 10.4. The Morgan fingerprint density at radius 3 is 2.75 bits per heavy atom. The number of esters is 1. The van der Waals surface area contributed by atoms with Crippen LogP contribution in [0.15, 0.2) is 23.3 Å². The van der Waals surface area contributed by atoms with Gasteiger partial charge in [0, 0.05) is 12.7 Å². The number of halogens is 1. The second-order valence-electron chi connectivity index (χ2n) is 6.02. The fourth-order valence-electron chi connectivity index (χ4n) is 2.41. The zero-order valence-electron chi connectivity index (χ0n) is 16.9. The zero-order valence-corrected chi connectivity index (χ0v) is 20.1. The van der Waals surface area contributed by atoms with Crippen molar-refractivity contribution >= 4 is 47.2 Å². The summed E-state index contributed by atoms with van der Waals surface area (Å²) in [5, 5.41) is 7.39. The Labute approximate surface area is 187 Å². The molecular formula is C19H28IN5O2S. The van der Waals surface area contributed by atoms with E-state index in [9.17, 15) is 4.79 Å². The van der Waals surface area contributed by atoms with E-state index < -0.39 is 0 Å². The first-order valence-electron chi connectivity index (χ1n) is 9.06. The normalized spacial score (nSPS) is 12.1. The Morgan fingerprint density at radius 1 is 1.36 bits per heavy atom. The van der Waals surface area contributed by atoms with Gasteiger partial charge in [-0.15, -0.1) is 35.3 Å². The maximum atomic E-state index is 12.0. The Bertz CT molecular complexity index is 809. The van der Waals surface area contributed by atoms with E-state index in [-0.39, 0.29) is 36.0 Å². The van der Waals surface area contributed by atoms with Crippen molar-refractivity contribution in [2.24, 2.45) is 4.99 Å². The molecule has 2 rings (SSSR count). The van der Waals surface area contributed by atoms with Crippen molar-refractivity contribution in [3.63, 3.8) is 0 Å². The smallest absolute Gasteiger partial charge is 0.350 e. The third-order valence-corrected chi connectivity index (χ3v) is 5.17. The highest BCUT2D eigenvalue weighted by Crippen LogP contribution is 2.24. The summed E-state index contributed by atoms with van der Waals surface area (Å²) in [6.07, 6.45) is 1.77. The van der Waals surface area contributed by atoms with E-state index in [4.69, 9.17) is 4.74 Å². The molecule has 0 amide bonds. The van der Waals surface area contributed by atoms with E-state index >= 15 is 0 Å². The quantitative estimate of drug-likeness (QED) is 0.252. The Morgan fingerprint density at radius 2 is 2.11 bits per heavy atom. The number of hydrogen-bond acceptors (Lipinski definition) is 6. The summed E-state index contributed by atoms with van der Waals surface area (Å²) in [4.78, 5) is 26.1. The molecule has 2 aromatic heterocycles. The molecule has 2 N–H and O–H groups in total. The zero-order chi connectivity index (χ0) is 19.8. The highest BCUT2D eigenvalue weighted by Gasteiger charge is 2.20. The lowest BCUT2D eigenvalue weighted by Gasteiger charge is -2.16. The van der Waals surface area contributed by atoms with Gasteiger partial charge in [0.2, 0.25) is 0 Å². The fraction of sp³-hybridized carbons (Fsp3) is 0.474. The second-order valence-corrected chi connectivity index (χ2v) is 7.05. The predicted octanol–water partition coefficient (Wildman–Crippen LogP) is 3.77. The van der Waals surface area contributed by atoms with Crippen LogP contribution < -0.4 is 10.6 Å². The summed E-state index contributed by atoms with van der Waals surface area (Å²) >= 11 is 1.35. The number of thiazole rings is 1. The van der Waals surface area contributed by atoms with Crippen LogP contribution in [-0.4, -0.2) is 35.0 Å². The highest BCUT2D eigenvalue weighted by molar-refractivity contribution is 14.0. The van der Waals surface area contributed by atoms with Gasteiger partial charge in [-0.05, 0) is 46.2 Å². The molecule has 0 spiro atoms. The number of pyridine rings is 1. The molecule has 1 unspecified atom stereocenters. The molecule has 0 radical (unpaired) electrons. The van der Waals surface area contributed by atoms with Crippen molar-refractivity contribution in [1.29, 1.82) is 0 Å². The lowest BCUT2D eigenvalue weighted by atomic mass is 10.2. The number of ether oxygens (including phenoxy) is 1. The van der Waals surface area contributed by atoms with Gasteiger partial charge in [0.15, 0.2) is 5.96 Å². The minimum atomic E-state index is -0.322. The highest BCUT2D eigenvalue weighted by atomic mass is 127. The van der Waals surface area contributed by atoms with E-state index in [1.807, 2.05) is 39.8 Å². The minimum absolute atomic E-state index is 0. The van der Waals surface area contributed by atoms with E-state index in [2.05, 4.69) is 25.6 Å². The predicted molar refractivity (Wildman–Crippen MR) is 124 cm³/mol. The van der Waals surface area contributed by atoms with Gasteiger partial charge in [-0.3, -0.25) is 4.98 Å². The van der Waals surface area contributed by atoms with Crippen LogP contribution >= 0.6 is 35.3 Å². The third-order valence-electron chi connectivity index (χ3n) is 3.85. The molecule has 28 heavy (non-hydrogen) atoms. The van der Waals surface area contributed by atoms with E-state index in [1.54, 1.807) is 13.1 Å². The number of rotatable bonds is 7. The molecule has 2 heterocycles. The molecule has 1 atom stereocenters. The number of aryl methyl sites for hydroxylation is 2. The van der Waals surface area contributed by atoms with E-state index in [1.165, 1.54) is 11.3 Å². The van der Waals surface area contributed by atoms with Crippen molar-refractivity contribution < 1.29 is 9.53 Å². The minimum Gasteiger partial charge on any atom is -0.462 e. The molecule has 0 bridgehead atoms. The summed E-state index contributed by atoms with van der Waals surface area (Å²) < 4.78 is 5.09. The molecule has 7 nitrogen and oxygen atoms in total. The van der Waals surface area contributed by atoms with Gasteiger partial charge in [0.25, 0.3) is 0 Å². The standard InChI is InChI=1S/C19H27N5O2S.HI/c1-6-20-19(22-11-15-12(3)9-8-10-21-15)24-14(5)17-23-13(4)16(27-17)18(25)26-7-2;/h8-10,14H,6-7,11H2,1-5H3,(H2,20,22,24);1H. The molecule has 0 fully saturated rings. The average molecular weight is 517 g/mol. The molecule has 0 aliphatic rings. The summed E-state index contributed by atoms with van der Waals surface area (Å²) in [7, 11) is 0. The van der Waals surface area contributed by atoms with Gasteiger partial charge in [0.05, 0.1) is 30.6 Å². The van der Waals surface area contributed by atoms with Gasteiger partial charge < -0.3 is 15.4 Å². The largest absolute Gasteiger partial charge is 0.462 e. The van der Waals surface area contributed by atoms with E-state index in [0.717, 1.165) is 22.8 Å². The van der Waals surface area contributed by atoms with Crippen molar-refractivity contribution in [2.45, 2.75) is 47.2 Å². The molecule has 0 aliphatic heterocycles. The first kappa shape index (κ1) is 24.3. The summed E-state index contributed by atoms with van der Waals surface area (Å²) in [5.74, 6) is 0.359. The number of aliphatic imine (C=N–C) groups is 1. The number of aromatic nitrogens is 2. The van der Waals surface area contributed by atoms with Crippen molar-refractivity contribution in [3.8, 4) is 0 Å². The van der Waals surface area contributed by atoms with Gasteiger partial charge >= 0.3 is 5.97 Å². The first-order chi connectivity index (χ1) is 13.0. The maximum Gasteiger partial charge on any atom is 0.350 e. The van der Waals surface area contributed by atoms with Crippen LogP contribution in [0.3, 0.4) is 0 Å². The van der Waals surface area contributed by atoms with Crippen molar-refractivity contribution in [2.75, 3.05) is 13.2 Å². The lowest BCUT2D eigenvalue weighted by molar-refractivity contribution is 0.0531. The summed E-state index contributed by atoms with van der Waals surface area (Å²) in [6.45, 7) is 11.2. The molecule has 2 aromatic rings. The van der Waals surface area contributed by atoms with E-state index in [0.29, 0.717) is 29.7 Å². The van der Waals surface area contributed by atoms with Gasteiger partial charge in [-0.2, -0.15) is 0 Å². The monoisotopic (exact) mass is 517 g/mol. The van der Waals surface area contributed by atoms with Crippen LogP contribution in [0.4, 0.5) is 0 Å². The molecule has 0 saturated carbocycles. The van der Waals surface area contributed by atoms with Gasteiger partial charge in [-0.25, -0.2) is 14.8 Å². The summed E-state index contributed by atoms with van der Waals surface area (Å²) in [6, 6.07) is 3.84. The van der Waals surface area contributed by atoms with Crippen molar-refractivity contribution in [3.05, 3.63) is 45.2 Å². The fourth-order valence-corrected chi connectivity index (χ4v) is 3.38. The molecule has 9 heteroatoms. The van der Waals surface area contributed by atoms with Crippen LogP contribution in [-0.2, 0) is 11.3 Å². The lowest BCUT2D eigenvalue weighted by Crippen LogP contribution is -2.38. The molecular weight excluding hydrogens is 489 g/mol. The van der Waals surface area contributed by atoms with Crippen LogP contribution in [0.2, 0.25) is 0 Å². The first-order valence-corrected chi connectivity index (χ1v) is 9.87. The third kappa shape index (κ3) is 6.69. The Hall–Kier alpha value is -1.75. The number of hydrogen-bond donors (Lipinski definition) is 2. The van der Waals surface area contributed by atoms with Crippen LogP contribution in [0, 0.1) is 13.8 Å². The van der Waals surface area contributed by atoms with Crippen molar-refractivity contribution in [1.82, 2.24) is 20.6 Å². The number of nitrogens with zero attached hydrogens (tertiary/aromatic N) is 3. The van der Waals surface area contributed by atoms with Gasteiger partial charge in [0.1, 0.15) is 9.88 Å². The number of carbonyl (C=O) groups excluding carboxylic acids is 1. The Balaban J connectivity index is 0.00000392. The SMILES string of the molecule is CCNC(=NCc1ncccc1C)NC(C)c1nc(C)c(C(=O)OCC)s1.I. The van der Waals surface area contributed by atoms with Gasteiger partial charge in [-0.1, -0.05) is 6.07 Å². The molecule has 0 aliphatic carbocycles. The topological polar surface area (TPSA) is 88.5 Å². The number of nitrogens with one attached hydrogen (secondary N) is 2. The summed E-state index contributed by atoms with van der Waals surface area (Å²) in [5.41, 5.74) is 2.74. The maximum absolute atomic E-state index is 12.0. The number of guanidine groups is 1. The van der Waals surface area contributed by atoms with Crippen LogP contribution in [0.1, 0.15) is 58.4 Å². The molecule has 154 valence electrons. The number of carbonyl (C=O) groups is 1. The molecule has 0 saturated heterocycles. The molecule has 0 aromatic carbocycles. The second kappa shape index (κ2) is 11.9. The average Bonchev–Trinajstić information content (AvgIpc) is 3.03.